The Balaban J connectivity index is 3.81. The summed E-state index contributed by atoms with van der Waals surface area (Å²) < 4.78 is 0. The Morgan fingerprint density at radius 2 is 1.59 bits per heavy atom. The average molecular weight is 247 g/mol. The number of hydrogen-bond donors (Lipinski definition) is 4. The van der Waals surface area contributed by atoms with Crippen molar-refractivity contribution >= 4 is 11.8 Å². The van der Waals surface area contributed by atoms with Crippen molar-refractivity contribution in [3.8, 4) is 0 Å². The molecular weight excluding hydrogens is 226 g/mol. The molecule has 0 aliphatic carbocycles. The molecule has 0 atom stereocenters. The first-order valence-electron chi connectivity index (χ1n) is 5.63. The van der Waals surface area contributed by atoms with E-state index in [-0.39, 0.29) is 13.2 Å². The summed E-state index contributed by atoms with van der Waals surface area (Å²) in [6.45, 7) is 2.44. The predicted molar refractivity (Wildman–Crippen MR) is 62.0 cm³/mol. The van der Waals surface area contributed by atoms with Gasteiger partial charge in [-0.15, -0.1) is 0 Å². The summed E-state index contributed by atoms with van der Waals surface area (Å²) in [7, 11) is 0. The van der Waals surface area contributed by atoms with Crippen LogP contribution < -0.4 is 11.1 Å². The first-order chi connectivity index (χ1) is 8.11. The fraction of sp³-hybridized carbons (Fsp3) is 0.800. The van der Waals surface area contributed by atoms with Gasteiger partial charge in [-0.3, -0.25) is 9.59 Å². The molecule has 0 aromatic heterocycles. The molecule has 2 amide bonds. The Morgan fingerprint density at radius 1 is 1.06 bits per heavy atom. The summed E-state index contributed by atoms with van der Waals surface area (Å²) in [5, 5.41) is 19.8. The van der Waals surface area contributed by atoms with Gasteiger partial charge in [0.15, 0.2) is 0 Å². The predicted octanol–water partition coefficient (Wildman–Crippen LogP) is -2.35. The number of amides is 2. The Labute approximate surface area is 101 Å². The maximum atomic E-state index is 10.9. The van der Waals surface area contributed by atoms with Gasteiger partial charge >= 0.3 is 11.8 Å². The fourth-order valence-electron chi connectivity index (χ4n) is 1.34. The Hall–Kier alpha value is -1.18. The molecule has 17 heavy (non-hydrogen) atoms. The summed E-state index contributed by atoms with van der Waals surface area (Å²) in [6.07, 6.45) is 1.27. The standard InChI is InChI=1S/C10H21N3O4/c11-9(16)10(17)12-3-6-13(4-1-7-14)5-2-8-15/h14-15H,1-8H2,(H2,11,16)(H,12,17). The molecule has 0 aromatic carbocycles. The van der Waals surface area contributed by atoms with Gasteiger partial charge in [-0.2, -0.15) is 0 Å². The summed E-state index contributed by atoms with van der Waals surface area (Å²) in [5.41, 5.74) is 4.78. The topological polar surface area (TPSA) is 116 Å². The molecule has 0 rings (SSSR count). The lowest BCUT2D eigenvalue weighted by Crippen LogP contribution is -2.41. The third kappa shape index (κ3) is 8.61. The summed E-state index contributed by atoms with van der Waals surface area (Å²) in [4.78, 5) is 23.3. The molecule has 7 heteroatoms. The molecule has 0 saturated carbocycles. The van der Waals surface area contributed by atoms with Crippen LogP contribution >= 0.6 is 0 Å². The van der Waals surface area contributed by atoms with Gasteiger partial charge in [0, 0.05) is 39.4 Å². The van der Waals surface area contributed by atoms with Crippen LogP contribution in [0.4, 0.5) is 0 Å². The van der Waals surface area contributed by atoms with Crippen molar-refractivity contribution in [2.75, 3.05) is 39.4 Å². The van der Waals surface area contributed by atoms with Crippen LogP contribution in [0, 0.1) is 0 Å². The number of aliphatic hydroxyl groups is 2. The molecule has 0 heterocycles. The highest BCUT2D eigenvalue weighted by Crippen LogP contribution is 1.93. The van der Waals surface area contributed by atoms with Gasteiger partial charge < -0.3 is 26.2 Å². The van der Waals surface area contributed by atoms with Crippen LogP contribution in [0.25, 0.3) is 0 Å². The minimum Gasteiger partial charge on any atom is -0.396 e. The van der Waals surface area contributed by atoms with E-state index in [0.29, 0.717) is 39.0 Å². The van der Waals surface area contributed by atoms with Crippen molar-refractivity contribution in [3.05, 3.63) is 0 Å². The lowest BCUT2D eigenvalue weighted by molar-refractivity contribution is -0.137. The molecule has 100 valence electrons. The van der Waals surface area contributed by atoms with Gasteiger partial charge in [-0.25, -0.2) is 0 Å². The zero-order chi connectivity index (χ0) is 13.1. The van der Waals surface area contributed by atoms with Crippen LogP contribution in [0.15, 0.2) is 0 Å². The van der Waals surface area contributed by atoms with E-state index in [1.165, 1.54) is 0 Å². The van der Waals surface area contributed by atoms with E-state index in [2.05, 4.69) is 5.32 Å². The van der Waals surface area contributed by atoms with Crippen molar-refractivity contribution in [1.29, 1.82) is 0 Å². The van der Waals surface area contributed by atoms with Crippen molar-refractivity contribution in [2.45, 2.75) is 12.8 Å². The number of nitrogens with one attached hydrogen (secondary N) is 1. The molecule has 7 nitrogen and oxygen atoms in total. The van der Waals surface area contributed by atoms with E-state index in [1.807, 2.05) is 4.90 Å². The molecule has 0 aliphatic rings. The molecule has 0 unspecified atom stereocenters. The maximum Gasteiger partial charge on any atom is 0.309 e. The Bertz CT molecular complexity index is 228. The zero-order valence-electron chi connectivity index (χ0n) is 9.89. The second-order valence-corrected chi connectivity index (χ2v) is 3.62. The van der Waals surface area contributed by atoms with E-state index >= 15 is 0 Å². The number of aliphatic hydroxyl groups excluding tert-OH is 2. The zero-order valence-corrected chi connectivity index (χ0v) is 9.89. The number of primary amides is 1. The Kier molecular flexibility index (Phi) is 9.31. The lowest BCUT2D eigenvalue weighted by atomic mass is 10.3. The number of nitrogens with two attached hydrogens (primary N) is 1. The van der Waals surface area contributed by atoms with Gasteiger partial charge in [0.2, 0.25) is 0 Å². The molecule has 0 spiro atoms. The molecule has 5 N–H and O–H groups in total. The minimum absolute atomic E-state index is 0.100. The second-order valence-electron chi connectivity index (χ2n) is 3.62. The number of carbonyl (C=O) groups excluding carboxylic acids is 2. The second kappa shape index (κ2) is 10.0. The monoisotopic (exact) mass is 247 g/mol. The van der Waals surface area contributed by atoms with E-state index in [9.17, 15) is 9.59 Å². The van der Waals surface area contributed by atoms with E-state index in [0.717, 1.165) is 0 Å². The van der Waals surface area contributed by atoms with Crippen molar-refractivity contribution < 1.29 is 19.8 Å². The lowest BCUT2D eigenvalue weighted by Gasteiger charge is -2.21. The van der Waals surface area contributed by atoms with Gasteiger partial charge in [-0.05, 0) is 12.8 Å². The molecule has 0 radical (unpaired) electrons. The number of carbonyl (C=O) groups is 2. The van der Waals surface area contributed by atoms with Gasteiger partial charge in [0.05, 0.1) is 0 Å². The Morgan fingerprint density at radius 3 is 2.00 bits per heavy atom. The van der Waals surface area contributed by atoms with E-state index in [1.54, 1.807) is 0 Å². The highest BCUT2D eigenvalue weighted by atomic mass is 16.3. The SMILES string of the molecule is NC(=O)C(=O)NCCN(CCCO)CCCO. The molecule has 0 saturated heterocycles. The quantitative estimate of drug-likeness (QED) is 0.341. The largest absolute Gasteiger partial charge is 0.396 e. The highest BCUT2D eigenvalue weighted by molar-refractivity contribution is 6.34. The van der Waals surface area contributed by atoms with Crippen LogP contribution in [0.3, 0.4) is 0 Å². The molecule has 0 bridgehead atoms. The third-order valence-corrected chi connectivity index (χ3v) is 2.20. The van der Waals surface area contributed by atoms with Gasteiger partial charge in [-0.1, -0.05) is 0 Å². The first-order valence-corrected chi connectivity index (χ1v) is 5.63. The third-order valence-electron chi connectivity index (χ3n) is 2.20. The minimum atomic E-state index is -0.998. The van der Waals surface area contributed by atoms with Crippen LogP contribution in [-0.2, 0) is 9.59 Å². The maximum absolute atomic E-state index is 10.9. The average Bonchev–Trinajstić information content (AvgIpc) is 2.31. The normalized spacial score (nSPS) is 10.5. The van der Waals surface area contributed by atoms with Crippen LogP contribution in [0.5, 0.6) is 0 Å². The van der Waals surface area contributed by atoms with Crippen LogP contribution in [0.1, 0.15) is 12.8 Å². The summed E-state index contributed by atoms with van der Waals surface area (Å²) in [5.74, 6) is -1.79. The number of nitrogens with zero attached hydrogens (tertiary/aromatic N) is 1. The number of hydrogen-bond acceptors (Lipinski definition) is 5. The van der Waals surface area contributed by atoms with Crippen LogP contribution in [-0.4, -0.2) is 66.3 Å². The van der Waals surface area contributed by atoms with Crippen molar-refractivity contribution in [3.63, 3.8) is 0 Å². The fourth-order valence-corrected chi connectivity index (χ4v) is 1.34. The highest BCUT2D eigenvalue weighted by Gasteiger charge is 2.09. The molecular formula is C10H21N3O4. The molecule has 0 fully saturated rings. The van der Waals surface area contributed by atoms with Gasteiger partial charge in [0.1, 0.15) is 0 Å². The van der Waals surface area contributed by atoms with Crippen molar-refractivity contribution in [2.24, 2.45) is 5.73 Å². The van der Waals surface area contributed by atoms with E-state index < -0.39 is 11.8 Å². The smallest absolute Gasteiger partial charge is 0.309 e. The van der Waals surface area contributed by atoms with Crippen molar-refractivity contribution in [1.82, 2.24) is 10.2 Å². The number of rotatable bonds is 9. The van der Waals surface area contributed by atoms with E-state index in [4.69, 9.17) is 15.9 Å². The summed E-state index contributed by atoms with van der Waals surface area (Å²) in [6, 6.07) is 0. The molecule has 0 aliphatic heterocycles. The summed E-state index contributed by atoms with van der Waals surface area (Å²) >= 11 is 0. The van der Waals surface area contributed by atoms with Crippen LogP contribution in [0.2, 0.25) is 0 Å². The molecule has 0 aromatic rings. The first kappa shape index (κ1) is 15.8. The van der Waals surface area contributed by atoms with Gasteiger partial charge in [0.25, 0.3) is 0 Å².